The van der Waals surface area contributed by atoms with Crippen LogP contribution >= 0.6 is 0 Å². The number of carbonyl (C=O) groups is 1. The van der Waals surface area contributed by atoms with Gasteiger partial charge >= 0.3 is 0 Å². The van der Waals surface area contributed by atoms with Crippen LogP contribution in [0.5, 0.6) is 11.5 Å². The first kappa shape index (κ1) is 22.1. The van der Waals surface area contributed by atoms with Gasteiger partial charge in [-0.3, -0.25) is 9.69 Å². The predicted octanol–water partition coefficient (Wildman–Crippen LogP) is 3.12. The van der Waals surface area contributed by atoms with Crippen LogP contribution < -0.4 is 20.1 Å². The van der Waals surface area contributed by atoms with E-state index in [1.807, 2.05) is 24.3 Å². The first-order valence-corrected chi connectivity index (χ1v) is 10.7. The Morgan fingerprint density at radius 2 is 1.84 bits per heavy atom. The number of benzene rings is 2. The van der Waals surface area contributed by atoms with Gasteiger partial charge in [0.1, 0.15) is 5.75 Å². The molecule has 170 valence electrons. The lowest BCUT2D eigenvalue weighted by Gasteiger charge is -2.26. The molecular formula is C24H29N3O5. The fourth-order valence-corrected chi connectivity index (χ4v) is 3.80. The van der Waals surface area contributed by atoms with Crippen molar-refractivity contribution < 1.29 is 23.4 Å². The summed E-state index contributed by atoms with van der Waals surface area (Å²) in [5, 5.41) is 7.20. The van der Waals surface area contributed by atoms with Crippen LogP contribution in [0, 0.1) is 0 Å². The molecule has 0 saturated carbocycles. The minimum Gasteiger partial charge on any atom is -0.495 e. The van der Waals surface area contributed by atoms with Gasteiger partial charge in [0.05, 0.1) is 33.1 Å². The van der Waals surface area contributed by atoms with Crippen molar-refractivity contribution in [3.8, 4) is 11.5 Å². The lowest BCUT2D eigenvalue weighted by molar-refractivity contribution is 0.0384. The molecule has 0 spiro atoms. The fraction of sp³-hybridized carbons (Fsp3) is 0.375. The average molecular weight is 440 g/mol. The van der Waals surface area contributed by atoms with Gasteiger partial charge in [-0.05, 0) is 29.8 Å². The molecule has 32 heavy (non-hydrogen) atoms. The number of furan rings is 1. The van der Waals surface area contributed by atoms with Gasteiger partial charge in [0.2, 0.25) is 0 Å². The summed E-state index contributed by atoms with van der Waals surface area (Å²) in [6, 6.07) is 12.9. The number of para-hydroxylation sites is 2. The molecule has 2 N–H and O–H groups in total. The highest BCUT2D eigenvalue weighted by Crippen LogP contribution is 2.32. The number of methoxy groups -OCH3 is 2. The molecule has 0 atom stereocenters. The molecule has 1 aromatic heterocycles. The number of ether oxygens (including phenoxy) is 3. The number of hydrogen-bond donors (Lipinski definition) is 2. The van der Waals surface area contributed by atoms with Gasteiger partial charge in [0, 0.05) is 38.1 Å². The van der Waals surface area contributed by atoms with Gasteiger partial charge < -0.3 is 29.3 Å². The Kier molecular flexibility index (Phi) is 7.26. The van der Waals surface area contributed by atoms with E-state index in [1.54, 1.807) is 32.4 Å². The summed E-state index contributed by atoms with van der Waals surface area (Å²) >= 11 is 0. The van der Waals surface area contributed by atoms with E-state index in [1.165, 1.54) is 0 Å². The summed E-state index contributed by atoms with van der Waals surface area (Å²) < 4.78 is 22.1. The zero-order valence-corrected chi connectivity index (χ0v) is 18.5. The molecule has 8 nitrogen and oxygen atoms in total. The molecule has 1 fully saturated rings. The summed E-state index contributed by atoms with van der Waals surface area (Å²) in [5.74, 6) is 1.04. The topological polar surface area (TPSA) is 85.2 Å². The molecule has 2 heterocycles. The molecule has 4 rings (SSSR count). The zero-order valence-electron chi connectivity index (χ0n) is 18.5. The van der Waals surface area contributed by atoms with Crippen LogP contribution in [0.25, 0.3) is 11.0 Å². The van der Waals surface area contributed by atoms with Gasteiger partial charge in [-0.25, -0.2) is 0 Å². The van der Waals surface area contributed by atoms with E-state index in [2.05, 4.69) is 15.5 Å². The maximum Gasteiger partial charge on any atom is 0.291 e. The molecule has 0 radical (unpaired) electrons. The number of fused-ring (bicyclic) bond motifs is 1. The SMILES string of the molecule is COc1ccccc1NC(=O)c1cc2c(CNCCN3CCOCC3)ccc(OC)c2o1. The Balaban J connectivity index is 1.48. The number of anilines is 1. The monoisotopic (exact) mass is 439 g/mol. The molecule has 0 aliphatic carbocycles. The minimum atomic E-state index is -0.348. The molecule has 0 unspecified atom stereocenters. The van der Waals surface area contributed by atoms with E-state index in [0.717, 1.165) is 50.3 Å². The van der Waals surface area contributed by atoms with Crippen molar-refractivity contribution in [1.29, 1.82) is 0 Å². The van der Waals surface area contributed by atoms with E-state index in [9.17, 15) is 4.79 Å². The third kappa shape index (κ3) is 5.04. The van der Waals surface area contributed by atoms with Gasteiger partial charge in [0.25, 0.3) is 5.91 Å². The second kappa shape index (κ2) is 10.5. The molecule has 3 aromatic rings. The highest BCUT2D eigenvalue weighted by atomic mass is 16.5. The molecule has 1 amide bonds. The second-order valence-corrected chi connectivity index (χ2v) is 7.57. The number of carbonyl (C=O) groups excluding carboxylic acids is 1. The quantitative estimate of drug-likeness (QED) is 0.496. The van der Waals surface area contributed by atoms with E-state index >= 15 is 0 Å². The van der Waals surface area contributed by atoms with Crippen molar-refractivity contribution in [2.75, 3.05) is 58.9 Å². The van der Waals surface area contributed by atoms with Gasteiger partial charge in [0.15, 0.2) is 17.1 Å². The van der Waals surface area contributed by atoms with Crippen molar-refractivity contribution in [3.63, 3.8) is 0 Å². The predicted molar refractivity (Wildman–Crippen MR) is 123 cm³/mol. The van der Waals surface area contributed by atoms with Crippen molar-refractivity contribution in [2.24, 2.45) is 0 Å². The Bertz CT molecular complexity index is 1060. The third-order valence-electron chi connectivity index (χ3n) is 5.56. The fourth-order valence-electron chi connectivity index (χ4n) is 3.80. The highest BCUT2D eigenvalue weighted by molar-refractivity contribution is 6.06. The van der Waals surface area contributed by atoms with Crippen molar-refractivity contribution in [3.05, 3.63) is 53.8 Å². The number of rotatable bonds is 9. The summed E-state index contributed by atoms with van der Waals surface area (Å²) in [6.45, 7) is 6.05. The molecular weight excluding hydrogens is 410 g/mol. The maximum absolute atomic E-state index is 12.9. The lowest BCUT2D eigenvalue weighted by atomic mass is 10.1. The van der Waals surface area contributed by atoms with Crippen molar-refractivity contribution in [1.82, 2.24) is 10.2 Å². The van der Waals surface area contributed by atoms with E-state index in [4.69, 9.17) is 18.6 Å². The normalized spacial score (nSPS) is 14.4. The van der Waals surface area contributed by atoms with Crippen LogP contribution in [0.15, 0.2) is 46.9 Å². The van der Waals surface area contributed by atoms with Crippen molar-refractivity contribution >= 4 is 22.6 Å². The lowest BCUT2D eigenvalue weighted by Crippen LogP contribution is -2.40. The molecule has 1 aliphatic heterocycles. The smallest absolute Gasteiger partial charge is 0.291 e. The summed E-state index contributed by atoms with van der Waals surface area (Å²) in [5.41, 5.74) is 2.19. The summed E-state index contributed by atoms with van der Waals surface area (Å²) in [4.78, 5) is 15.3. The van der Waals surface area contributed by atoms with Crippen LogP contribution in [0.2, 0.25) is 0 Å². The molecule has 8 heteroatoms. The zero-order chi connectivity index (χ0) is 22.3. The average Bonchev–Trinajstić information content (AvgIpc) is 3.29. The second-order valence-electron chi connectivity index (χ2n) is 7.57. The van der Waals surface area contributed by atoms with Crippen LogP contribution in [-0.4, -0.2) is 64.4 Å². The maximum atomic E-state index is 12.9. The number of nitrogens with zero attached hydrogens (tertiary/aromatic N) is 1. The summed E-state index contributed by atoms with van der Waals surface area (Å²) in [7, 11) is 3.15. The summed E-state index contributed by atoms with van der Waals surface area (Å²) in [6.07, 6.45) is 0. The molecule has 1 aliphatic rings. The Hall–Kier alpha value is -3.07. The van der Waals surface area contributed by atoms with Crippen molar-refractivity contribution in [2.45, 2.75) is 6.54 Å². The number of amides is 1. The Morgan fingerprint density at radius 1 is 1.06 bits per heavy atom. The van der Waals surface area contributed by atoms with Gasteiger partial charge in [-0.1, -0.05) is 18.2 Å². The third-order valence-corrected chi connectivity index (χ3v) is 5.56. The molecule has 0 bridgehead atoms. The van der Waals surface area contributed by atoms with Crippen LogP contribution in [0.1, 0.15) is 16.1 Å². The minimum absolute atomic E-state index is 0.213. The number of hydrogen-bond acceptors (Lipinski definition) is 7. The Labute approximate surface area is 187 Å². The van der Waals surface area contributed by atoms with E-state index in [0.29, 0.717) is 29.3 Å². The van der Waals surface area contributed by atoms with E-state index < -0.39 is 0 Å². The largest absolute Gasteiger partial charge is 0.495 e. The molecule has 1 saturated heterocycles. The standard InChI is InChI=1S/C24H29N3O5/c1-29-20-6-4-3-5-19(20)26-24(28)22-15-18-17(7-8-21(30-2)23(18)32-22)16-25-9-10-27-11-13-31-14-12-27/h3-8,15,25H,9-14,16H2,1-2H3,(H,26,28). The van der Waals surface area contributed by atoms with Crippen LogP contribution in [0.4, 0.5) is 5.69 Å². The first-order chi connectivity index (χ1) is 15.7. The van der Waals surface area contributed by atoms with Gasteiger partial charge in [-0.2, -0.15) is 0 Å². The first-order valence-electron chi connectivity index (χ1n) is 10.7. The Morgan fingerprint density at radius 3 is 2.62 bits per heavy atom. The molecule has 2 aromatic carbocycles. The highest BCUT2D eigenvalue weighted by Gasteiger charge is 2.19. The van der Waals surface area contributed by atoms with Gasteiger partial charge in [-0.15, -0.1) is 0 Å². The number of morpholine rings is 1. The van der Waals surface area contributed by atoms with E-state index in [-0.39, 0.29) is 11.7 Å². The van der Waals surface area contributed by atoms with Crippen LogP contribution in [-0.2, 0) is 11.3 Å². The number of nitrogens with one attached hydrogen (secondary N) is 2. The van der Waals surface area contributed by atoms with Crippen LogP contribution in [0.3, 0.4) is 0 Å².